The number of carbonyl (C=O) groups excluding carboxylic acids is 1. The van der Waals surface area contributed by atoms with Gasteiger partial charge in [-0.3, -0.25) is 4.79 Å². The normalized spacial score (nSPS) is 22.5. The fraction of sp³-hybridized carbons (Fsp3) is 0.562. The van der Waals surface area contributed by atoms with Gasteiger partial charge >= 0.3 is 0 Å². The van der Waals surface area contributed by atoms with E-state index < -0.39 is 0 Å². The van der Waals surface area contributed by atoms with Crippen LogP contribution in [0.25, 0.3) is 0 Å². The maximum atomic E-state index is 12.2. The van der Waals surface area contributed by atoms with Gasteiger partial charge in [0, 0.05) is 24.3 Å². The first-order valence-corrected chi connectivity index (χ1v) is 7.42. The van der Waals surface area contributed by atoms with Crippen LogP contribution < -0.4 is 10.6 Å². The number of fused-ring (bicyclic) bond motifs is 1. The van der Waals surface area contributed by atoms with Crippen molar-refractivity contribution in [2.75, 3.05) is 18.4 Å². The minimum absolute atomic E-state index is 0.0987. The van der Waals surface area contributed by atoms with Crippen LogP contribution in [-0.2, 0) is 6.42 Å². The van der Waals surface area contributed by atoms with Gasteiger partial charge in [-0.25, -0.2) is 0 Å². The third kappa shape index (κ3) is 2.01. The summed E-state index contributed by atoms with van der Waals surface area (Å²) in [5.74, 6) is 0.999. The largest absolute Gasteiger partial charge is 0.384 e. The smallest absolute Gasteiger partial charge is 0.251 e. The van der Waals surface area contributed by atoms with E-state index in [9.17, 15) is 4.79 Å². The molecule has 0 radical (unpaired) electrons. The van der Waals surface area contributed by atoms with Crippen molar-refractivity contribution in [3.05, 3.63) is 29.3 Å². The third-order valence-electron chi connectivity index (χ3n) is 5.01. The second-order valence-corrected chi connectivity index (χ2v) is 6.37. The first-order valence-electron chi connectivity index (χ1n) is 7.42. The van der Waals surface area contributed by atoms with Gasteiger partial charge < -0.3 is 10.6 Å². The van der Waals surface area contributed by atoms with Crippen LogP contribution in [0.2, 0.25) is 0 Å². The molecule has 3 heteroatoms. The molecule has 2 saturated carbocycles. The van der Waals surface area contributed by atoms with Crippen molar-refractivity contribution in [1.82, 2.24) is 5.32 Å². The van der Waals surface area contributed by atoms with E-state index in [0.29, 0.717) is 5.41 Å². The predicted octanol–water partition coefficient (Wildman–Crippen LogP) is 2.57. The second-order valence-electron chi connectivity index (χ2n) is 6.37. The van der Waals surface area contributed by atoms with Crippen LogP contribution in [0.3, 0.4) is 0 Å². The van der Waals surface area contributed by atoms with Gasteiger partial charge in [-0.15, -0.1) is 0 Å². The number of nitrogens with one attached hydrogen (secondary N) is 2. The molecule has 1 aromatic rings. The van der Waals surface area contributed by atoms with Crippen molar-refractivity contribution in [2.24, 2.45) is 11.3 Å². The van der Waals surface area contributed by atoms with Crippen molar-refractivity contribution in [3.8, 4) is 0 Å². The molecule has 1 heterocycles. The molecule has 2 N–H and O–H groups in total. The van der Waals surface area contributed by atoms with Crippen LogP contribution >= 0.6 is 0 Å². The van der Waals surface area contributed by atoms with E-state index in [0.717, 1.165) is 31.0 Å². The quantitative estimate of drug-likeness (QED) is 0.869. The summed E-state index contributed by atoms with van der Waals surface area (Å²) in [5.41, 5.74) is 3.76. The minimum Gasteiger partial charge on any atom is -0.384 e. The van der Waals surface area contributed by atoms with E-state index in [2.05, 4.69) is 10.6 Å². The Morgan fingerprint density at radius 2 is 2.21 bits per heavy atom. The highest BCUT2D eigenvalue weighted by Crippen LogP contribution is 2.60. The van der Waals surface area contributed by atoms with Crippen LogP contribution in [0.5, 0.6) is 0 Å². The van der Waals surface area contributed by atoms with Gasteiger partial charge in [0.05, 0.1) is 0 Å². The predicted molar refractivity (Wildman–Crippen MR) is 75.4 cm³/mol. The molecule has 100 valence electrons. The lowest BCUT2D eigenvalue weighted by Gasteiger charge is -2.15. The average Bonchev–Trinajstić information content (AvgIpc) is 3.32. The highest BCUT2D eigenvalue weighted by molar-refractivity contribution is 5.95. The standard InChI is InChI=1S/C16H20N2O/c19-15(18-10-16(6-7-16)13-2-3-13)12-1-4-14-11(9-12)5-8-17-14/h1,4,9,13,17H,2-3,5-8,10H2,(H,18,19). The van der Waals surface area contributed by atoms with E-state index in [4.69, 9.17) is 0 Å². The van der Waals surface area contributed by atoms with Crippen LogP contribution in [0.1, 0.15) is 41.6 Å². The molecular weight excluding hydrogens is 236 g/mol. The monoisotopic (exact) mass is 256 g/mol. The lowest BCUT2D eigenvalue weighted by molar-refractivity contribution is 0.0942. The molecule has 2 fully saturated rings. The molecule has 0 atom stereocenters. The van der Waals surface area contributed by atoms with Crippen LogP contribution in [-0.4, -0.2) is 19.0 Å². The Bertz CT molecular complexity index is 530. The zero-order chi connectivity index (χ0) is 12.9. The minimum atomic E-state index is 0.0987. The molecule has 2 aliphatic carbocycles. The Morgan fingerprint density at radius 3 is 2.95 bits per heavy atom. The number of amides is 1. The molecule has 0 saturated heterocycles. The molecule has 1 amide bonds. The van der Waals surface area contributed by atoms with Gasteiger partial charge in [0.2, 0.25) is 0 Å². The summed E-state index contributed by atoms with van der Waals surface area (Å²) in [6.07, 6.45) is 6.40. The first kappa shape index (κ1) is 11.3. The maximum absolute atomic E-state index is 12.2. The van der Waals surface area contributed by atoms with Crippen LogP contribution in [0, 0.1) is 11.3 Å². The lowest BCUT2D eigenvalue weighted by atomic mass is 10.0. The lowest BCUT2D eigenvalue weighted by Crippen LogP contribution is -2.31. The molecule has 19 heavy (non-hydrogen) atoms. The molecule has 1 aromatic carbocycles. The number of hydrogen-bond donors (Lipinski definition) is 2. The Morgan fingerprint density at radius 1 is 1.37 bits per heavy atom. The first-order chi connectivity index (χ1) is 9.27. The van der Waals surface area contributed by atoms with E-state index >= 15 is 0 Å². The highest BCUT2D eigenvalue weighted by atomic mass is 16.1. The average molecular weight is 256 g/mol. The number of anilines is 1. The fourth-order valence-corrected chi connectivity index (χ4v) is 3.39. The highest BCUT2D eigenvalue weighted by Gasteiger charge is 2.53. The molecule has 3 aliphatic rings. The SMILES string of the molecule is O=C(NCC1(C2CC2)CC1)c1ccc2c(c1)CCN2. The molecule has 0 unspecified atom stereocenters. The Labute approximate surface area is 113 Å². The van der Waals surface area contributed by atoms with E-state index in [1.54, 1.807) is 0 Å². The van der Waals surface area contributed by atoms with Crippen molar-refractivity contribution in [2.45, 2.75) is 32.1 Å². The topological polar surface area (TPSA) is 41.1 Å². The number of benzene rings is 1. The van der Waals surface area contributed by atoms with E-state index in [1.165, 1.54) is 36.9 Å². The molecule has 0 aromatic heterocycles. The van der Waals surface area contributed by atoms with Crippen molar-refractivity contribution in [1.29, 1.82) is 0 Å². The summed E-state index contributed by atoms with van der Waals surface area (Å²) in [6.45, 7) is 1.87. The van der Waals surface area contributed by atoms with Crippen molar-refractivity contribution >= 4 is 11.6 Å². The van der Waals surface area contributed by atoms with E-state index in [-0.39, 0.29) is 5.91 Å². The molecule has 1 aliphatic heterocycles. The van der Waals surface area contributed by atoms with Crippen LogP contribution in [0.4, 0.5) is 5.69 Å². The van der Waals surface area contributed by atoms with E-state index in [1.807, 2.05) is 18.2 Å². The van der Waals surface area contributed by atoms with Gasteiger partial charge in [0.25, 0.3) is 5.91 Å². The van der Waals surface area contributed by atoms with Gasteiger partial charge in [-0.05, 0) is 67.2 Å². The summed E-state index contributed by atoms with van der Waals surface area (Å²) in [5, 5.41) is 6.48. The zero-order valence-electron chi connectivity index (χ0n) is 11.2. The number of rotatable bonds is 4. The Balaban J connectivity index is 1.43. The fourth-order valence-electron chi connectivity index (χ4n) is 3.39. The molecule has 0 bridgehead atoms. The Hall–Kier alpha value is -1.51. The van der Waals surface area contributed by atoms with Gasteiger partial charge in [-0.2, -0.15) is 0 Å². The third-order valence-corrected chi connectivity index (χ3v) is 5.01. The van der Waals surface area contributed by atoms with Gasteiger partial charge in [-0.1, -0.05) is 0 Å². The summed E-state index contributed by atoms with van der Waals surface area (Å²) >= 11 is 0. The van der Waals surface area contributed by atoms with Crippen molar-refractivity contribution in [3.63, 3.8) is 0 Å². The summed E-state index contributed by atoms with van der Waals surface area (Å²) in [6, 6.07) is 6.01. The number of carbonyl (C=O) groups is 1. The summed E-state index contributed by atoms with van der Waals surface area (Å²) in [7, 11) is 0. The summed E-state index contributed by atoms with van der Waals surface area (Å²) < 4.78 is 0. The van der Waals surface area contributed by atoms with Crippen molar-refractivity contribution < 1.29 is 4.79 Å². The summed E-state index contributed by atoms with van der Waals surface area (Å²) in [4.78, 5) is 12.2. The van der Waals surface area contributed by atoms with Crippen LogP contribution in [0.15, 0.2) is 18.2 Å². The Kier molecular flexibility index (Phi) is 2.38. The molecule has 4 rings (SSSR count). The second kappa shape index (κ2) is 3.99. The molecule has 0 spiro atoms. The van der Waals surface area contributed by atoms with Gasteiger partial charge in [0.1, 0.15) is 0 Å². The molecular formula is C16H20N2O. The maximum Gasteiger partial charge on any atom is 0.251 e. The number of hydrogen-bond acceptors (Lipinski definition) is 2. The van der Waals surface area contributed by atoms with Gasteiger partial charge in [0.15, 0.2) is 0 Å². The molecule has 3 nitrogen and oxygen atoms in total. The zero-order valence-corrected chi connectivity index (χ0v) is 11.2.